The minimum absolute atomic E-state index is 0.254. The van der Waals surface area contributed by atoms with Crippen molar-refractivity contribution >= 4 is 5.91 Å². The van der Waals surface area contributed by atoms with Crippen LogP contribution >= 0.6 is 0 Å². The van der Waals surface area contributed by atoms with Crippen molar-refractivity contribution in [3.63, 3.8) is 0 Å². The van der Waals surface area contributed by atoms with E-state index in [0.717, 1.165) is 19.5 Å². The zero-order valence-corrected chi connectivity index (χ0v) is 8.75. The fourth-order valence-corrected chi connectivity index (χ4v) is 1.76. The Morgan fingerprint density at radius 2 is 2.43 bits per heavy atom. The molecule has 14 heavy (non-hydrogen) atoms. The Balaban J connectivity index is 1.75. The Kier molecular flexibility index (Phi) is 2.87. The van der Waals surface area contributed by atoms with Gasteiger partial charge in [-0.15, -0.1) is 0 Å². The first-order valence-electron chi connectivity index (χ1n) is 5.42. The number of rotatable bonds is 3. The number of carbonyl (C=O) groups excluding carboxylic acids is 1. The van der Waals surface area contributed by atoms with Crippen LogP contribution in [0.3, 0.4) is 0 Å². The second-order valence-electron chi connectivity index (χ2n) is 4.31. The minimum Gasteiger partial charge on any atom is -0.337 e. The van der Waals surface area contributed by atoms with Crippen LogP contribution in [0.5, 0.6) is 0 Å². The van der Waals surface area contributed by atoms with Gasteiger partial charge in [-0.1, -0.05) is 11.6 Å². The summed E-state index contributed by atoms with van der Waals surface area (Å²) in [6.07, 6.45) is 5.72. The maximum Gasteiger partial charge on any atom is 0.236 e. The van der Waals surface area contributed by atoms with Crippen LogP contribution in [0.2, 0.25) is 0 Å². The van der Waals surface area contributed by atoms with Gasteiger partial charge in [0.2, 0.25) is 5.91 Å². The van der Waals surface area contributed by atoms with Gasteiger partial charge in [0.1, 0.15) is 0 Å². The smallest absolute Gasteiger partial charge is 0.236 e. The van der Waals surface area contributed by atoms with E-state index in [1.165, 1.54) is 18.4 Å². The van der Waals surface area contributed by atoms with Crippen molar-refractivity contribution in [3.8, 4) is 0 Å². The van der Waals surface area contributed by atoms with Crippen molar-refractivity contribution < 1.29 is 4.79 Å². The predicted molar refractivity (Wildman–Crippen MR) is 56.0 cm³/mol. The molecule has 3 nitrogen and oxygen atoms in total. The Labute approximate surface area is 85.2 Å². The maximum absolute atomic E-state index is 11.7. The van der Waals surface area contributed by atoms with E-state index in [0.29, 0.717) is 12.6 Å². The van der Waals surface area contributed by atoms with Crippen molar-refractivity contribution in [3.05, 3.63) is 11.6 Å². The van der Waals surface area contributed by atoms with E-state index in [-0.39, 0.29) is 5.91 Å². The highest BCUT2D eigenvalue weighted by atomic mass is 16.2. The summed E-state index contributed by atoms with van der Waals surface area (Å²) >= 11 is 0. The van der Waals surface area contributed by atoms with Crippen molar-refractivity contribution in [2.45, 2.75) is 32.2 Å². The van der Waals surface area contributed by atoms with Crippen LogP contribution in [-0.4, -0.2) is 36.5 Å². The first-order chi connectivity index (χ1) is 6.75. The third-order valence-electron chi connectivity index (χ3n) is 2.80. The maximum atomic E-state index is 11.7. The second kappa shape index (κ2) is 4.13. The molecule has 0 bridgehead atoms. The van der Waals surface area contributed by atoms with E-state index >= 15 is 0 Å². The predicted octanol–water partition coefficient (Wildman–Crippen LogP) is 0.917. The first-order valence-corrected chi connectivity index (χ1v) is 5.42. The third kappa shape index (κ3) is 2.58. The molecule has 0 atom stereocenters. The molecule has 0 saturated heterocycles. The number of amides is 1. The summed E-state index contributed by atoms with van der Waals surface area (Å²) in [4.78, 5) is 13.7. The summed E-state index contributed by atoms with van der Waals surface area (Å²) in [5.74, 6) is 0.254. The number of carbonyl (C=O) groups is 1. The molecule has 0 unspecified atom stereocenters. The van der Waals surface area contributed by atoms with Crippen molar-refractivity contribution in [2.75, 3.05) is 19.6 Å². The summed E-state index contributed by atoms with van der Waals surface area (Å²) in [5.41, 5.74) is 1.32. The van der Waals surface area contributed by atoms with Crippen molar-refractivity contribution in [1.29, 1.82) is 0 Å². The number of nitrogens with one attached hydrogen (secondary N) is 1. The zero-order chi connectivity index (χ0) is 9.97. The molecule has 1 amide bonds. The highest BCUT2D eigenvalue weighted by molar-refractivity contribution is 5.78. The SMILES string of the molecule is CC1=CCCN(C(=O)CNC2CC2)C1. The van der Waals surface area contributed by atoms with Crippen molar-refractivity contribution in [2.24, 2.45) is 0 Å². The van der Waals surface area contributed by atoms with E-state index in [1.54, 1.807) is 0 Å². The first kappa shape index (κ1) is 9.71. The average molecular weight is 194 g/mol. The zero-order valence-electron chi connectivity index (χ0n) is 8.75. The quantitative estimate of drug-likeness (QED) is 0.677. The molecule has 0 aromatic carbocycles. The van der Waals surface area contributed by atoms with Gasteiger partial charge < -0.3 is 10.2 Å². The molecule has 2 rings (SSSR count). The number of nitrogens with zero attached hydrogens (tertiary/aromatic N) is 1. The normalized spacial score (nSPS) is 22.1. The lowest BCUT2D eigenvalue weighted by molar-refractivity contribution is -0.130. The summed E-state index contributed by atoms with van der Waals surface area (Å²) in [6.45, 7) is 4.33. The van der Waals surface area contributed by atoms with Gasteiger partial charge >= 0.3 is 0 Å². The van der Waals surface area contributed by atoms with Crippen LogP contribution in [0, 0.1) is 0 Å². The fraction of sp³-hybridized carbons (Fsp3) is 0.727. The Bertz CT molecular complexity index is 256. The van der Waals surface area contributed by atoms with Gasteiger partial charge in [0.25, 0.3) is 0 Å². The van der Waals surface area contributed by atoms with Gasteiger partial charge in [-0.25, -0.2) is 0 Å². The lowest BCUT2D eigenvalue weighted by atomic mass is 10.1. The number of hydrogen-bond donors (Lipinski definition) is 1. The lowest BCUT2D eigenvalue weighted by Gasteiger charge is -2.26. The molecule has 1 N–H and O–H groups in total. The molecule has 1 aliphatic carbocycles. The van der Waals surface area contributed by atoms with Gasteiger partial charge in [0.05, 0.1) is 6.54 Å². The van der Waals surface area contributed by atoms with Gasteiger partial charge in [-0.05, 0) is 26.2 Å². The Morgan fingerprint density at radius 3 is 3.07 bits per heavy atom. The summed E-state index contributed by atoms with van der Waals surface area (Å²) in [5, 5.41) is 3.26. The molecule has 1 heterocycles. The van der Waals surface area contributed by atoms with Crippen LogP contribution < -0.4 is 5.32 Å². The molecule has 1 fully saturated rings. The molecule has 0 radical (unpaired) electrons. The monoisotopic (exact) mass is 194 g/mol. The third-order valence-corrected chi connectivity index (χ3v) is 2.80. The van der Waals surface area contributed by atoms with Crippen LogP contribution in [0.25, 0.3) is 0 Å². The highest BCUT2D eigenvalue weighted by Crippen LogP contribution is 2.18. The van der Waals surface area contributed by atoms with Gasteiger partial charge in [0, 0.05) is 19.1 Å². The molecule has 0 spiro atoms. The summed E-state index contributed by atoms with van der Waals surface area (Å²) in [7, 11) is 0. The minimum atomic E-state index is 0.254. The standard InChI is InChI=1S/C11H18N2O/c1-9-3-2-6-13(8-9)11(14)7-12-10-4-5-10/h3,10,12H,2,4-8H2,1H3. The van der Waals surface area contributed by atoms with Crippen LogP contribution in [0.4, 0.5) is 0 Å². The molecule has 0 aromatic heterocycles. The summed E-state index contributed by atoms with van der Waals surface area (Å²) in [6, 6.07) is 0.625. The fourth-order valence-electron chi connectivity index (χ4n) is 1.76. The average Bonchev–Trinajstić information content (AvgIpc) is 2.97. The van der Waals surface area contributed by atoms with E-state index in [2.05, 4.69) is 18.3 Å². The second-order valence-corrected chi connectivity index (χ2v) is 4.31. The molecule has 3 heteroatoms. The Hall–Kier alpha value is -0.830. The van der Waals surface area contributed by atoms with E-state index in [1.807, 2.05) is 4.90 Å². The van der Waals surface area contributed by atoms with E-state index in [4.69, 9.17) is 0 Å². The highest BCUT2D eigenvalue weighted by Gasteiger charge is 2.23. The topological polar surface area (TPSA) is 32.3 Å². The summed E-state index contributed by atoms with van der Waals surface area (Å²) < 4.78 is 0. The van der Waals surface area contributed by atoms with Gasteiger partial charge in [-0.3, -0.25) is 4.79 Å². The van der Waals surface area contributed by atoms with Crippen LogP contribution in [0.1, 0.15) is 26.2 Å². The molecule has 0 aromatic rings. The molecular formula is C11H18N2O. The Morgan fingerprint density at radius 1 is 1.64 bits per heavy atom. The molecular weight excluding hydrogens is 176 g/mol. The molecule has 1 aliphatic heterocycles. The molecule has 78 valence electrons. The van der Waals surface area contributed by atoms with Gasteiger partial charge in [0.15, 0.2) is 0 Å². The van der Waals surface area contributed by atoms with Crippen LogP contribution in [0.15, 0.2) is 11.6 Å². The largest absolute Gasteiger partial charge is 0.337 e. The molecule has 2 aliphatic rings. The van der Waals surface area contributed by atoms with E-state index in [9.17, 15) is 4.79 Å². The van der Waals surface area contributed by atoms with Crippen molar-refractivity contribution in [1.82, 2.24) is 10.2 Å². The number of hydrogen-bond acceptors (Lipinski definition) is 2. The van der Waals surface area contributed by atoms with Gasteiger partial charge in [-0.2, -0.15) is 0 Å². The molecule has 1 saturated carbocycles. The van der Waals surface area contributed by atoms with Crippen LogP contribution in [-0.2, 0) is 4.79 Å². The lowest BCUT2D eigenvalue weighted by Crippen LogP contribution is -2.41. The van der Waals surface area contributed by atoms with E-state index < -0.39 is 0 Å².